The van der Waals surface area contributed by atoms with E-state index >= 15 is 0 Å². The van der Waals surface area contributed by atoms with Crippen LogP contribution in [0.4, 0.5) is 0 Å². The first-order valence-electron chi connectivity index (χ1n) is 12.4. The fraction of sp³-hybridized carbons (Fsp3) is 0.556. The van der Waals surface area contributed by atoms with Crippen LogP contribution in [0.15, 0.2) is 35.7 Å². The molecule has 1 aliphatic heterocycles. The van der Waals surface area contributed by atoms with E-state index < -0.39 is 0 Å². The topological polar surface area (TPSA) is 59.1 Å². The maximum absolute atomic E-state index is 13.6. The molecule has 184 valence electrons. The molecule has 1 aromatic heterocycles. The van der Waals surface area contributed by atoms with Crippen LogP contribution in [-0.4, -0.2) is 55.0 Å². The fourth-order valence-corrected chi connectivity index (χ4v) is 6.03. The van der Waals surface area contributed by atoms with E-state index in [0.29, 0.717) is 31.4 Å². The van der Waals surface area contributed by atoms with Gasteiger partial charge in [0.1, 0.15) is 18.1 Å². The van der Waals surface area contributed by atoms with Crippen LogP contribution in [0, 0.1) is 11.8 Å². The van der Waals surface area contributed by atoms with Crippen LogP contribution >= 0.6 is 11.3 Å². The first-order chi connectivity index (χ1) is 16.5. The van der Waals surface area contributed by atoms with E-state index in [1.807, 2.05) is 34.1 Å². The highest BCUT2D eigenvalue weighted by Gasteiger charge is 2.35. The molecule has 34 heavy (non-hydrogen) atoms. The van der Waals surface area contributed by atoms with Crippen LogP contribution in [0.2, 0.25) is 0 Å². The monoisotopic (exact) mass is 484 g/mol. The molecule has 0 radical (unpaired) electrons. The van der Waals surface area contributed by atoms with Crippen molar-refractivity contribution < 1.29 is 19.1 Å². The second-order valence-corrected chi connectivity index (χ2v) is 10.7. The lowest BCUT2D eigenvalue weighted by Crippen LogP contribution is -2.49. The maximum atomic E-state index is 13.6. The number of benzene rings is 1. The van der Waals surface area contributed by atoms with E-state index in [-0.39, 0.29) is 30.3 Å². The predicted molar refractivity (Wildman–Crippen MR) is 134 cm³/mol. The number of hydrogen-bond acceptors (Lipinski definition) is 5. The Labute approximate surface area is 206 Å². The minimum atomic E-state index is -0.170. The van der Waals surface area contributed by atoms with Gasteiger partial charge in [0.15, 0.2) is 0 Å². The van der Waals surface area contributed by atoms with Gasteiger partial charge in [-0.25, -0.2) is 0 Å². The Morgan fingerprint density at radius 2 is 1.94 bits per heavy atom. The van der Waals surface area contributed by atoms with Crippen molar-refractivity contribution in [3.05, 3.63) is 46.2 Å². The number of hydrogen-bond donors (Lipinski definition) is 0. The third-order valence-electron chi connectivity index (χ3n) is 6.79. The standard InChI is InChI=1S/C27H36N2O4S/c1-19(2)16-28(27(31)20-7-4-5-8-20)17-26(30)29-13-11-25-23(12-14-34-25)24(29)18-33-22-10-6-9-21(15-22)32-3/h6,9-10,12,14-15,19-20,24H,4-5,7-8,11,13,16-18H2,1-3H3/t24-/m0/s1. The smallest absolute Gasteiger partial charge is 0.242 e. The summed E-state index contributed by atoms with van der Waals surface area (Å²) in [5.41, 5.74) is 1.16. The van der Waals surface area contributed by atoms with Crippen molar-refractivity contribution in [1.82, 2.24) is 9.80 Å². The summed E-state index contributed by atoms with van der Waals surface area (Å²) in [6.45, 7) is 5.96. The highest BCUT2D eigenvalue weighted by atomic mass is 32.1. The first-order valence-corrected chi connectivity index (χ1v) is 13.3. The largest absolute Gasteiger partial charge is 0.497 e. The fourth-order valence-electron chi connectivity index (χ4n) is 5.10. The average Bonchev–Trinajstić information content (AvgIpc) is 3.53. The summed E-state index contributed by atoms with van der Waals surface area (Å²) < 4.78 is 11.5. The third-order valence-corrected chi connectivity index (χ3v) is 7.79. The number of nitrogens with zero attached hydrogens (tertiary/aromatic N) is 2. The molecular weight excluding hydrogens is 448 g/mol. The van der Waals surface area contributed by atoms with Gasteiger partial charge in [0.05, 0.1) is 19.7 Å². The molecule has 0 spiro atoms. The van der Waals surface area contributed by atoms with E-state index in [0.717, 1.165) is 43.4 Å². The third kappa shape index (κ3) is 5.74. The van der Waals surface area contributed by atoms with Crippen molar-refractivity contribution in [3.63, 3.8) is 0 Å². The molecule has 0 bridgehead atoms. The zero-order valence-electron chi connectivity index (χ0n) is 20.5. The number of amides is 2. The number of methoxy groups -OCH3 is 1. The van der Waals surface area contributed by atoms with Gasteiger partial charge in [-0.15, -0.1) is 11.3 Å². The molecule has 2 amide bonds. The van der Waals surface area contributed by atoms with Gasteiger partial charge in [-0.1, -0.05) is 32.8 Å². The second kappa shape index (κ2) is 11.3. The summed E-state index contributed by atoms with van der Waals surface area (Å²) in [6, 6.07) is 9.47. The maximum Gasteiger partial charge on any atom is 0.242 e. The Balaban J connectivity index is 1.50. The quantitative estimate of drug-likeness (QED) is 0.506. The number of carbonyl (C=O) groups excluding carboxylic acids is 2. The average molecular weight is 485 g/mol. The van der Waals surface area contributed by atoms with Crippen LogP contribution in [0.25, 0.3) is 0 Å². The van der Waals surface area contributed by atoms with Gasteiger partial charge < -0.3 is 19.3 Å². The van der Waals surface area contributed by atoms with E-state index in [1.54, 1.807) is 18.4 Å². The van der Waals surface area contributed by atoms with E-state index in [4.69, 9.17) is 9.47 Å². The number of ether oxygens (including phenoxy) is 2. The van der Waals surface area contributed by atoms with Crippen molar-refractivity contribution in [1.29, 1.82) is 0 Å². The molecule has 2 heterocycles. The van der Waals surface area contributed by atoms with E-state index in [1.165, 1.54) is 4.88 Å². The van der Waals surface area contributed by atoms with Gasteiger partial charge >= 0.3 is 0 Å². The van der Waals surface area contributed by atoms with Crippen LogP contribution in [0.5, 0.6) is 11.5 Å². The lowest BCUT2D eigenvalue weighted by atomic mass is 10.00. The van der Waals surface area contributed by atoms with Crippen LogP contribution in [0.1, 0.15) is 56.0 Å². The molecule has 0 saturated heterocycles. The molecule has 1 atom stereocenters. The minimum absolute atomic E-state index is 0.00286. The summed E-state index contributed by atoms with van der Waals surface area (Å²) in [5.74, 6) is 1.99. The molecule has 1 aromatic carbocycles. The normalized spacial score (nSPS) is 18.1. The Hall–Kier alpha value is -2.54. The molecule has 6 nitrogen and oxygen atoms in total. The Bertz CT molecular complexity index is 983. The highest BCUT2D eigenvalue weighted by Crippen LogP contribution is 2.34. The molecule has 1 saturated carbocycles. The van der Waals surface area contributed by atoms with Gasteiger partial charge in [0.2, 0.25) is 11.8 Å². The Morgan fingerprint density at radius 3 is 2.68 bits per heavy atom. The SMILES string of the molecule is COc1cccc(OC[C@H]2c3ccsc3CCN2C(=O)CN(CC(C)C)C(=O)C2CCCC2)c1. The zero-order chi connectivity index (χ0) is 24.1. The van der Waals surface area contributed by atoms with Crippen LogP contribution < -0.4 is 9.47 Å². The molecule has 0 unspecified atom stereocenters. The van der Waals surface area contributed by atoms with Gasteiger partial charge in [0.25, 0.3) is 0 Å². The molecule has 2 aliphatic rings. The molecule has 1 aliphatic carbocycles. The number of carbonyl (C=O) groups is 2. The van der Waals surface area contributed by atoms with E-state index in [2.05, 4.69) is 25.3 Å². The molecule has 4 rings (SSSR count). The lowest BCUT2D eigenvalue weighted by Gasteiger charge is -2.37. The van der Waals surface area contributed by atoms with Gasteiger partial charge in [-0.2, -0.15) is 0 Å². The Kier molecular flexibility index (Phi) is 8.14. The summed E-state index contributed by atoms with van der Waals surface area (Å²) in [4.78, 5) is 31.9. The minimum Gasteiger partial charge on any atom is -0.497 e. The summed E-state index contributed by atoms with van der Waals surface area (Å²) in [6.07, 6.45) is 4.95. The predicted octanol–water partition coefficient (Wildman–Crippen LogP) is 4.94. The van der Waals surface area contributed by atoms with Gasteiger partial charge in [-0.3, -0.25) is 9.59 Å². The van der Waals surface area contributed by atoms with Gasteiger partial charge in [-0.05, 0) is 54.3 Å². The summed E-state index contributed by atoms with van der Waals surface area (Å²) >= 11 is 1.74. The molecule has 7 heteroatoms. The van der Waals surface area contributed by atoms with E-state index in [9.17, 15) is 9.59 Å². The lowest BCUT2D eigenvalue weighted by molar-refractivity contribution is -0.145. The molecule has 2 aromatic rings. The second-order valence-electron chi connectivity index (χ2n) is 9.74. The number of rotatable bonds is 9. The Morgan fingerprint density at radius 1 is 1.18 bits per heavy atom. The number of thiophene rings is 1. The van der Waals surface area contributed by atoms with Crippen molar-refractivity contribution in [2.75, 3.05) is 33.4 Å². The van der Waals surface area contributed by atoms with Crippen molar-refractivity contribution in [2.24, 2.45) is 11.8 Å². The van der Waals surface area contributed by atoms with Crippen molar-refractivity contribution >= 4 is 23.2 Å². The highest BCUT2D eigenvalue weighted by molar-refractivity contribution is 7.10. The summed E-state index contributed by atoms with van der Waals surface area (Å²) in [5, 5.41) is 2.09. The number of fused-ring (bicyclic) bond motifs is 1. The van der Waals surface area contributed by atoms with Crippen molar-refractivity contribution in [3.8, 4) is 11.5 Å². The zero-order valence-corrected chi connectivity index (χ0v) is 21.3. The van der Waals surface area contributed by atoms with Crippen LogP contribution in [0.3, 0.4) is 0 Å². The van der Waals surface area contributed by atoms with Crippen molar-refractivity contribution in [2.45, 2.75) is 52.0 Å². The molecular formula is C27H36N2O4S. The van der Waals surface area contributed by atoms with Crippen LogP contribution in [-0.2, 0) is 16.0 Å². The van der Waals surface area contributed by atoms with Gasteiger partial charge in [0, 0.05) is 30.0 Å². The summed E-state index contributed by atoms with van der Waals surface area (Å²) in [7, 11) is 1.63. The first kappa shape index (κ1) is 24.6. The molecule has 1 fully saturated rings. The molecule has 0 N–H and O–H groups in total.